The van der Waals surface area contributed by atoms with Crippen LogP contribution < -0.4 is 0 Å². The number of hydrogen-bond acceptors (Lipinski definition) is 4. The summed E-state index contributed by atoms with van der Waals surface area (Å²) >= 11 is 0. The van der Waals surface area contributed by atoms with Crippen molar-refractivity contribution in [1.82, 2.24) is 4.90 Å². The average Bonchev–Trinajstić information content (AvgIpc) is 2.38. The first kappa shape index (κ1) is 13.8. The van der Waals surface area contributed by atoms with Gasteiger partial charge in [-0.2, -0.15) is 5.26 Å². The Bertz CT molecular complexity index is 413. The Balaban J connectivity index is 2.03. The summed E-state index contributed by atoms with van der Waals surface area (Å²) in [5.74, 6) is 1.32. The SMILES string of the molecule is CCC1CCC(C#N)C(N2CCS(=O)(=O)CC2)C1. The van der Waals surface area contributed by atoms with Crippen LogP contribution in [0.1, 0.15) is 32.6 Å². The summed E-state index contributed by atoms with van der Waals surface area (Å²) in [4.78, 5) is 2.25. The van der Waals surface area contributed by atoms with Gasteiger partial charge in [-0.25, -0.2) is 8.42 Å². The molecule has 1 saturated heterocycles. The fourth-order valence-corrected chi connectivity index (χ4v) is 4.44. The average molecular weight is 270 g/mol. The zero-order valence-electron chi connectivity index (χ0n) is 11.0. The van der Waals surface area contributed by atoms with Gasteiger partial charge in [0.1, 0.15) is 0 Å². The van der Waals surface area contributed by atoms with Gasteiger partial charge in [0.15, 0.2) is 9.84 Å². The molecule has 18 heavy (non-hydrogen) atoms. The molecular weight excluding hydrogens is 248 g/mol. The molecule has 0 aromatic carbocycles. The van der Waals surface area contributed by atoms with Crippen molar-refractivity contribution >= 4 is 9.84 Å². The van der Waals surface area contributed by atoms with Gasteiger partial charge in [-0.15, -0.1) is 0 Å². The summed E-state index contributed by atoms with van der Waals surface area (Å²) in [6.45, 7) is 3.43. The lowest BCUT2D eigenvalue weighted by molar-refractivity contribution is 0.108. The van der Waals surface area contributed by atoms with Gasteiger partial charge in [-0.3, -0.25) is 4.90 Å². The maximum atomic E-state index is 11.5. The molecule has 102 valence electrons. The highest BCUT2D eigenvalue weighted by molar-refractivity contribution is 7.91. The third-order valence-electron chi connectivity index (χ3n) is 4.52. The summed E-state index contributed by atoms with van der Waals surface area (Å²) in [5, 5.41) is 9.26. The highest BCUT2D eigenvalue weighted by Gasteiger charge is 2.36. The molecule has 3 atom stereocenters. The number of hydrogen-bond donors (Lipinski definition) is 0. The molecule has 0 radical (unpaired) electrons. The standard InChI is InChI=1S/C13H22N2O2S/c1-2-11-3-4-12(10-14)13(9-11)15-5-7-18(16,17)8-6-15/h11-13H,2-9H2,1H3. The Morgan fingerprint density at radius 1 is 1.28 bits per heavy atom. The Hall–Kier alpha value is -0.600. The van der Waals surface area contributed by atoms with Crippen molar-refractivity contribution in [3.05, 3.63) is 0 Å². The van der Waals surface area contributed by atoms with E-state index < -0.39 is 9.84 Å². The predicted molar refractivity (Wildman–Crippen MR) is 70.7 cm³/mol. The number of nitriles is 1. The predicted octanol–water partition coefficient (Wildman–Crippen LogP) is 1.44. The van der Waals surface area contributed by atoms with Crippen molar-refractivity contribution < 1.29 is 8.42 Å². The molecule has 2 fully saturated rings. The molecule has 0 N–H and O–H groups in total. The molecule has 1 aliphatic heterocycles. The molecule has 2 aliphatic rings. The molecule has 0 spiro atoms. The first-order chi connectivity index (χ1) is 8.55. The minimum absolute atomic E-state index is 0.0913. The molecule has 1 aliphatic carbocycles. The largest absolute Gasteiger partial charge is 0.297 e. The van der Waals surface area contributed by atoms with Gasteiger partial charge in [0.05, 0.1) is 23.5 Å². The highest BCUT2D eigenvalue weighted by atomic mass is 32.2. The smallest absolute Gasteiger partial charge is 0.152 e. The zero-order chi connectivity index (χ0) is 13.2. The van der Waals surface area contributed by atoms with E-state index in [1.165, 1.54) is 6.42 Å². The van der Waals surface area contributed by atoms with Crippen molar-refractivity contribution in [3.63, 3.8) is 0 Å². The molecule has 2 rings (SSSR count). The monoisotopic (exact) mass is 270 g/mol. The van der Waals surface area contributed by atoms with E-state index in [-0.39, 0.29) is 23.5 Å². The molecular formula is C13H22N2O2S. The second-order valence-electron chi connectivity index (χ2n) is 5.58. The van der Waals surface area contributed by atoms with E-state index in [9.17, 15) is 13.7 Å². The lowest BCUT2D eigenvalue weighted by Gasteiger charge is -2.41. The van der Waals surface area contributed by atoms with Crippen LogP contribution >= 0.6 is 0 Å². The third kappa shape index (κ3) is 3.04. The van der Waals surface area contributed by atoms with E-state index in [0.29, 0.717) is 19.0 Å². The molecule has 0 aromatic heterocycles. The molecule has 3 unspecified atom stereocenters. The fourth-order valence-electron chi connectivity index (χ4n) is 3.21. The van der Waals surface area contributed by atoms with Crippen molar-refractivity contribution in [2.75, 3.05) is 24.6 Å². The normalized spacial score (nSPS) is 37.0. The Labute approximate surface area is 110 Å². The lowest BCUT2D eigenvalue weighted by Crippen LogP contribution is -2.50. The molecule has 1 heterocycles. The maximum Gasteiger partial charge on any atom is 0.152 e. The Kier molecular flexibility index (Phi) is 4.29. The zero-order valence-corrected chi connectivity index (χ0v) is 11.8. The van der Waals surface area contributed by atoms with Crippen LogP contribution in [0.15, 0.2) is 0 Å². The molecule has 0 aromatic rings. The van der Waals surface area contributed by atoms with Crippen molar-refractivity contribution in [1.29, 1.82) is 5.26 Å². The van der Waals surface area contributed by atoms with E-state index in [1.807, 2.05) is 0 Å². The summed E-state index contributed by atoms with van der Waals surface area (Å²) < 4.78 is 22.9. The van der Waals surface area contributed by atoms with Crippen LogP contribution in [0.2, 0.25) is 0 Å². The van der Waals surface area contributed by atoms with Crippen LogP contribution in [0.5, 0.6) is 0 Å². The second-order valence-corrected chi connectivity index (χ2v) is 7.88. The summed E-state index contributed by atoms with van der Waals surface area (Å²) in [7, 11) is -2.82. The van der Waals surface area contributed by atoms with E-state index in [0.717, 1.165) is 19.3 Å². The number of nitrogens with zero attached hydrogens (tertiary/aromatic N) is 2. The molecule has 5 heteroatoms. The third-order valence-corrected chi connectivity index (χ3v) is 6.13. The van der Waals surface area contributed by atoms with Crippen LogP contribution in [0, 0.1) is 23.2 Å². The van der Waals surface area contributed by atoms with Crippen LogP contribution in [-0.4, -0.2) is 44.0 Å². The Morgan fingerprint density at radius 3 is 2.50 bits per heavy atom. The topological polar surface area (TPSA) is 61.2 Å². The second kappa shape index (κ2) is 5.58. The van der Waals surface area contributed by atoms with Gasteiger partial charge in [0.2, 0.25) is 0 Å². The first-order valence-corrected chi connectivity index (χ1v) is 8.72. The van der Waals surface area contributed by atoms with Gasteiger partial charge in [-0.05, 0) is 25.2 Å². The van der Waals surface area contributed by atoms with Crippen LogP contribution in [-0.2, 0) is 9.84 Å². The number of sulfone groups is 1. The maximum absolute atomic E-state index is 11.5. The van der Waals surface area contributed by atoms with Gasteiger partial charge >= 0.3 is 0 Å². The molecule has 1 saturated carbocycles. The first-order valence-electron chi connectivity index (χ1n) is 6.90. The quantitative estimate of drug-likeness (QED) is 0.761. The van der Waals surface area contributed by atoms with E-state index in [2.05, 4.69) is 17.9 Å². The summed E-state index contributed by atoms with van der Waals surface area (Å²) in [6, 6.07) is 2.71. The summed E-state index contributed by atoms with van der Waals surface area (Å²) in [5.41, 5.74) is 0. The molecule has 0 amide bonds. The molecule has 0 bridgehead atoms. The van der Waals surface area contributed by atoms with E-state index >= 15 is 0 Å². The van der Waals surface area contributed by atoms with E-state index in [4.69, 9.17) is 0 Å². The van der Waals surface area contributed by atoms with Crippen LogP contribution in [0.25, 0.3) is 0 Å². The van der Waals surface area contributed by atoms with Gasteiger partial charge in [0.25, 0.3) is 0 Å². The van der Waals surface area contributed by atoms with E-state index in [1.54, 1.807) is 0 Å². The van der Waals surface area contributed by atoms with Gasteiger partial charge < -0.3 is 0 Å². The fraction of sp³-hybridized carbons (Fsp3) is 0.923. The van der Waals surface area contributed by atoms with Crippen molar-refractivity contribution in [2.45, 2.75) is 38.6 Å². The Morgan fingerprint density at radius 2 is 1.94 bits per heavy atom. The van der Waals surface area contributed by atoms with Crippen molar-refractivity contribution in [3.8, 4) is 6.07 Å². The minimum Gasteiger partial charge on any atom is -0.297 e. The summed E-state index contributed by atoms with van der Waals surface area (Å²) in [6.07, 6.45) is 4.36. The van der Waals surface area contributed by atoms with Crippen LogP contribution in [0.4, 0.5) is 0 Å². The lowest BCUT2D eigenvalue weighted by atomic mass is 9.77. The number of rotatable bonds is 2. The van der Waals surface area contributed by atoms with Crippen molar-refractivity contribution in [2.24, 2.45) is 11.8 Å². The highest BCUT2D eigenvalue weighted by Crippen LogP contribution is 2.34. The van der Waals surface area contributed by atoms with Crippen LogP contribution in [0.3, 0.4) is 0 Å². The minimum atomic E-state index is -2.82. The van der Waals surface area contributed by atoms with Gasteiger partial charge in [-0.1, -0.05) is 13.3 Å². The van der Waals surface area contributed by atoms with Gasteiger partial charge in [0, 0.05) is 19.1 Å². The molecule has 4 nitrogen and oxygen atoms in total.